The number of carbonyl (C=O) groups excluding carboxylic acids is 2. The van der Waals surface area contributed by atoms with Gasteiger partial charge in [-0.3, -0.25) is 19.5 Å². The summed E-state index contributed by atoms with van der Waals surface area (Å²) in [5.41, 5.74) is 8.03. The number of fused-ring (bicyclic) bond motifs is 1. The highest BCUT2D eigenvalue weighted by molar-refractivity contribution is 7.53. The summed E-state index contributed by atoms with van der Waals surface area (Å²) in [5.74, 6) is -0.743. The smallest absolute Gasteiger partial charge is 0.349 e. The van der Waals surface area contributed by atoms with Crippen molar-refractivity contribution in [2.45, 2.75) is 32.9 Å². The van der Waals surface area contributed by atoms with E-state index in [9.17, 15) is 14.2 Å². The largest absolute Gasteiger partial charge is 0.370 e. The molecule has 2 aliphatic rings. The normalized spacial score (nSPS) is 20.3. The van der Waals surface area contributed by atoms with E-state index in [-0.39, 0.29) is 49.4 Å². The first kappa shape index (κ1) is 23.0. The van der Waals surface area contributed by atoms with Crippen LogP contribution >= 0.6 is 7.60 Å². The average Bonchev–Trinajstić information content (AvgIpc) is 3.14. The second-order valence-electron chi connectivity index (χ2n) is 7.12. The minimum absolute atomic E-state index is 0.126. The highest BCUT2D eigenvalue weighted by Gasteiger charge is 2.38. The Morgan fingerprint density at radius 1 is 1.19 bits per heavy atom. The molecule has 0 spiro atoms. The Morgan fingerprint density at radius 3 is 2.52 bits per heavy atom. The van der Waals surface area contributed by atoms with Crippen LogP contribution in [0.2, 0.25) is 0 Å². The Balaban J connectivity index is 1.53. The molecule has 0 saturated carbocycles. The van der Waals surface area contributed by atoms with Crippen molar-refractivity contribution in [2.24, 2.45) is 16.6 Å². The van der Waals surface area contributed by atoms with E-state index in [4.69, 9.17) is 14.8 Å². The zero-order valence-electron chi connectivity index (χ0n) is 17.6. The first-order valence-electron chi connectivity index (χ1n) is 10.2. The zero-order chi connectivity index (χ0) is 22.4. The SMILES string of the molecule is CCOP(=O)(CNC(=O)c1ccc(CCC2=CNC3N=C(N)NC(=O)C23)cc1)OCC. The molecule has 2 aliphatic heterocycles. The van der Waals surface area contributed by atoms with E-state index in [1.807, 2.05) is 18.3 Å². The lowest BCUT2D eigenvalue weighted by molar-refractivity contribution is -0.123. The third kappa shape index (κ3) is 5.72. The summed E-state index contributed by atoms with van der Waals surface area (Å²) in [6.07, 6.45) is 2.67. The number of aryl methyl sites for hydroxylation is 1. The number of nitrogens with zero attached hydrogens (tertiary/aromatic N) is 1. The molecule has 1 aromatic carbocycles. The van der Waals surface area contributed by atoms with Gasteiger partial charge in [0.25, 0.3) is 5.91 Å². The van der Waals surface area contributed by atoms with Gasteiger partial charge in [-0.15, -0.1) is 0 Å². The topological polar surface area (TPSA) is 144 Å². The van der Waals surface area contributed by atoms with Crippen LogP contribution < -0.4 is 21.7 Å². The van der Waals surface area contributed by atoms with Crippen LogP contribution in [0.1, 0.15) is 36.2 Å². The van der Waals surface area contributed by atoms with E-state index < -0.39 is 7.60 Å². The standard InChI is InChI=1S/C20H28N5O5P/c1-3-29-31(28,30-4-2)12-23-18(26)14-8-5-13(6-9-14)7-10-15-11-22-17-16(15)19(27)25-20(21)24-17/h5-6,8-9,11,16-17,22H,3-4,7,10,12H2,1-2H3,(H,23,26)(H3,21,24,25,27). The maximum absolute atomic E-state index is 12.4. The molecule has 11 heteroatoms. The van der Waals surface area contributed by atoms with Gasteiger partial charge < -0.3 is 25.4 Å². The second-order valence-corrected chi connectivity index (χ2v) is 9.17. The summed E-state index contributed by atoms with van der Waals surface area (Å²) in [5, 5.41) is 8.26. The molecule has 10 nitrogen and oxygen atoms in total. The second kappa shape index (κ2) is 10.1. The van der Waals surface area contributed by atoms with Crippen LogP contribution in [0.4, 0.5) is 0 Å². The molecule has 0 fully saturated rings. The van der Waals surface area contributed by atoms with Crippen molar-refractivity contribution in [2.75, 3.05) is 19.5 Å². The van der Waals surface area contributed by atoms with Gasteiger partial charge in [0.05, 0.1) is 13.2 Å². The first-order valence-corrected chi connectivity index (χ1v) is 11.9. The number of hydrogen-bond acceptors (Lipinski definition) is 8. The highest BCUT2D eigenvalue weighted by Crippen LogP contribution is 2.46. The van der Waals surface area contributed by atoms with Crippen molar-refractivity contribution in [1.82, 2.24) is 16.0 Å². The van der Waals surface area contributed by atoms with Crippen LogP contribution in [0.5, 0.6) is 0 Å². The lowest BCUT2D eigenvalue weighted by Gasteiger charge is -2.24. The van der Waals surface area contributed by atoms with Gasteiger partial charge in [-0.05, 0) is 56.2 Å². The van der Waals surface area contributed by atoms with Gasteiger partial charge >= 0.3 is 7.60 Å². The van der Waals surface area contributed by atoms with Crippen LogP contribution in [0.3, 0.4) is 0 Å². The number of nitrogens with one attached hydrogen (secondary N) is 3. The van der Waals surface area contributed by atoms with Gasteiger partial charge in [-0.1, -0.05) is 12.1 Å². The Kier molecular flexibility index (Phi) is 7.48. The molecule has 2 heterocycles. The van der Waals surface area contributed by atoms with Crippen molar-refractivity contribution in [3.8, 4) is 0 Å². The summed E-state index contributed by atoms with van der Waals surface area (Å²) in [4.78, 5) is 28.8. The first-order chi connectivity index (χ1) is 14.8. The van der Waals surface area contributed by atoms with Crippen molar-refractivity contribution in [3.63, 3.8) is 0 Å². The molecular formula is C20H28N5O5P. The molecular weight excluding hydrogens is 421 g/mol. The van der Waals surface area contributed by atoms with E-state index >= 15 is 0 Å². The fourth-order valence-electron chi connectivity index (χ4n) is 3.52. The molecule has 0 aromatic heterocycles. The Bertz CT molecular complexity index is 920. The van der Waals surface area contributed by atoms with Crippen LogP contribution in [-0.2, 0) is 24.8 Å². The van der Waals surface area contributed by atoms with Crippen LogP contribution in [0.15, 0.2) is 41.0 Å². The summed E-state index contributed by atoms with van der Waals surface area (Å²) in [6.45, 7) is 3.90. The molecule has 2 atom stereocenters. The number of nitrogens with two attached hydrogens (primary N) is 1. The Hall–Kier alpha value is -2.68. The van der Waals surface area contributed by atoms with Gasteiger partial charge in [0.2, 0.25) is 5.91 Å². The van der Waals surface area contributed by atoms with E-state index in [1.54, 1.807) is 26.0 Å². The van der Waals surface area contributed by atoms with Crippen LogP contribution in [0.25, 0.3) is 0 Å². The number of benzene rings is 1. The quantitative estimate of drug-likeness (QED) is 0.396. The van der Waals surface area contributed by atoms with Gasteiger partial charge in [0, 0.05) is 5.56 Å². The predicted octanol–water partition coefficient (Wildman–Crippen LogP) is 1.45. The van der Waals surface area contributed by atoms with E-state index in [0.717, 1.165) is 11.1 Å². The molecule has 0 radical (unpaired) electrons. The molecule has 168 valence electrons. The molecule has 0 aliphatic carbocycles. The summed E-state index contributed by atoms with van der Waals surface area (Å²) < 4.78 is 22.8. The van der Waals surface area contributed by atoms with Crippen molar-refractivity contribution in [1.29, 1.82) is 0 Å². The highest BCUT2D eigenvalue weighted by atomic mass is 31.2. The molecule has 0 saturated heterocycles. The fraction of sp³-hybridized carbons (Fsp3) is 0.450. The number of amides is 2. The van der Waals surface area contributed by atoms with Crippen molar-refractivity contribution >= 4 is 25.4 Å². The maximum Gasteiger partial charge on any atom is 0.349 e. The van der Waals surface area contributed by atoms with E-state index in [0.29, 0.717) is 18.4 Å². The molecule has 5 N–H and O–H groups in total. The van der Waals surface area contributed by atoms with Crippen LogP contribution in [-0.4, -0.2) is 43.4 Å². The average molecular weight is 449 g/mol. The lowest BCUT2D eigenvalue weighted by atomic mass is 9.92. The summed E-state index contributed by atoms with van der Waals surface area (Å²) in [6, 6.07) is 7.13. The number of hydrogen-bond donors (Lipinski definition) is 4. The Morgan fingerprint density at radius 2 is 1.87 bits per heavy atom. The molecule has 2 unspecified atom stereocenters. The minimum Gasteiger partial charge on any atom is -0.370 e. The minimum atomic E-state index is -3.34. The van der Waals surface area contributed by atoms with E-state index in [1.165, 1.54) is 0 Å². The van der Waals surface area contributed by atoms with Crippen molar-refractivity contribution in [3.05, 3.63) is 47.2 Å². The van der Waals surface area contributed by atoms with Crippen LogP contribution in [0, 0.1) is 5.92 Å². The molecule has 31 heavy (non-hydrogen) atoms. The van der Waals surface area contributed by atoms with Gasteiger partial charge in [-0.25, -0.2) is 4.99 Å². The predicted molar refractivity (Wildman–Crippen MR) is 116 cm³/mol. The third-order valence-corrected chi connectivity index (χ3v) is 6.82. The molecule has 0 bridgehead atoms. The van der Waals surface area contributed by atoms with Gasteiger partial charge in [0.1, 0.15) is 18.4 Å². The number of carbonyl (C=O) groups is 2. The molecule has 1 aromatic rings. The van der Waals surface area contributed by atoms with Crippen molar-refractivity contribution < 1.29 is 23.2 Å². The number of rotatable bonds is 10. The number of guanidine groups is 1. The third-order valence-electron chi connectivity index (χ3n) is 4.97. The van der Waals surface area contributed by atoms with Gasteiger partial charge in [0.15, 0.2) is 5.96 Å². The number of aliphatic imine (C=N–C) groups is 1. The molecule has 3 rings (SSSR count). The monoisotopic (exact) mass is 449 g/mol. The fourth-order valence-corrected chi connectivity index (χ4v) is 4.90. The lowest BCUT2D eigenvalue weighted by Crippen LogP contribution is -2.50. The Labute approximate surface area is 181 Å². The van der Waals surface area contributed by atoms with Gasteiger partial charge in [-0.2, -0.15) is 0 Å². The maximum atomic E-state index is 12.4. The molecule has 2 amide bonds. The van der Waals surface area contributed by atoms with E-state index in [2.05, 4.69) is 20.9 Å². The summed E-state index contributed by atoms with van der Waals surface area (Å²) >= 11 is 0. The summed E-state index contributed by atoms with van der Waals surface area (Å²) in [7, 11) is -3.34. The zero-order valence-corrected chi connectivity index (χ0v) is 18.5.